The van der Waals surface area contributed by atoms with Gasteiger partial charge in [0.05, 0.1) is 6.04 Å². The molecule has 1 heterocycles. The number of carbonyl (C=O) groups is 2. The largest absolute Gasteiger partial charge is 0.444 e. The predicted octanol–water partition coefficient (Wildman–Crippen LogP) is 4.74. The van der Waals surface area contributed by atoms with E-state index in [1.165, 1.54) is 0 Å². The molecule has 1 aliphatic rings. The van der Waals surface area contributed by atoms with Crippen LogP contribution in [0, 0.1) is 0 Å². The van der Waals surface area contributed by atoms with Gasteiger partial charge in [0, 0.05) is 0 Å². The molecule has 0 aromatic heterocycles. The Morgan fingerprint density at radius 2 is 1.75 bits per heavy atom. The Labute approximate surface area is 166 Å². The average Bonchev–Trinajstić information content (AvgIpc) is 3.07. The number of hydrogen-bond acceptors (Lipinski definition) is 3. The minimum Gasteiger partial charge on any atom is -0.444 e. The molecule has 0 bridgehead atoms. The van der Waals surface area contributed by atoms with Crippen LogP contribution in [0.4, 0.5) is 4.79 Å². The molecule has 2 amide bonds. The molecule has 28 heavy (non-hydrogen) atoms. The molecule has 148 valence electrons. The maximum atomic E-state index is 13.1. The van der Waals surface area contributed by atoms with Crippen molar-refractivity contribution in [1.82, 2.24) is 9.80 Å². The third kappa shape index (κ3) is 4.53. The third-order valence-electron chi connectivity index (χ3n) is 5.27. The first-order chi connectivity index (χ1) is 13.6. The first-order valence-electron chi connectivity index (χ1n) is 9.94. The zero-order valence-corrected chi connectivity index (χ0v) is 16.6. The van der Waals surface area contributed by atoms with E-state index >= 15 is 0 Å². The first-order valence-corrected chi connectivity index (χ1v) is 9.94. The van der Waals surface area contributed by atoms with Crippen molar-refractivity contribution in [3.05, 3.63) is 71.8 Å². The highest BCUT2D eigenvalue weighted by molar-refractivity contribution is 5.89. The molecule has 0 N–H and O–H groups in total. The highest BCUT2D eigenvalue weighted by Crippen LogP contribution is 2.29. The Bertz CT molecular complexity index is 779. The minimum atomic E-state index is -0.450. The van der Waals surface area contributed by atoms with Gasteiger partial charge in [-0.2, -0.15) is 0 Å². The molecule has 0 aliphatic carbocycles. The standard InChI is InChI=1S/C23H28N2O3/c1-3-4-15-21-22(26)24(18(2)20-13-9-6-10-14-20)17-25(21)23(27)28-16-19-11-7-5-8-12-19/h5-14,18,21H,3-4,15-17H2,1-2H3/t18-,21-/m0/s1. The summed E-state index contributed by atoms with van der Waals surface area (Å²) in [5.41, 5.74) is 1.99. The van der Waals surface area contributed by atoms with Crippen molar-refractivity contribution >= 4 is 12.0 Å². The Kier molecular flexibility index (Phi) is 6.69. The van der Waals surface area contributed by atoms with Crippen LogP contribution < -0.4 is 0 Å². The van der Waals surface area contributed by atoms with Crippen LogP contribution in [-0.4, -0.2) is 34.5 Å². The molecule has 0 saturated carbocycles. The summed E-state index contributed by atoms with van der Waals surface area (Å²) < 4.78 is 5.51. The SMILES string of the molecule is CCCC[C@H]1C(=O)N([C@@H](C)c2ccccc2)CN1C(=O)OCc1ccccc1. The third-order valence-corrected chi connectivity index (χ3v) is 5.27. The van der Waals surface area contributed by atoms with Gasteiger partial charge in [0.15, 0.2) is 0 Å². The number of ether oxygens (including phenoxy) is 1. The molecule has 2 aromatic rings. The summed E-state index contributed by atoms with van der Waals surface area (Å²) in [6.07, 6.45) is 2.10. The highest BCUT2D eigenvalue weighted by atomic mass is 16.6. The Morgan fingerprint density at radius 3 is 2.39 bits per heavy atom. The number of amides is 2. The van der Waals surface area contributed by atoms with Gasteiger partial charge in [0.2, 0.25) is 5.91 Å². The fraction of sp³-hybridized carbons (Fsp3) is 0.391. The van der Waals surface area contributed by atoms with Gasteiger partial charge in [0.25, 0.3) is 0 Å². The number of hydrogen-bond donors (Lipinski definition) is 0. The number of rotatable bonds is 7. The lowest BCUT2D eigenvalue weighted by Crippen LogP contribution is -2.38. The average molecular weight is 380 g/mol. The van der Waals surface area contributed by atoms with E-state index in [-0.39, 0.29) is 25.2 Å². The Balaban J connectivity index is 1.72. The molecule has 5 heteroatoms. The molecule has 0 unspecified atom stereocenters. The Hall–Kier alpha value is -2.82. The quantitative estimate of drug-likeness (QED) is 0.697. The molecule has 3 rings (SSSR count). The minimum absolute atomic E-state index is 0.00136. The second kappa shape index (κ2) is 9.40. The van der Waals surface area contributed by atoms with Crippen molar-refractivity contribution < 1.29 is 14.3 Å². The van der Waals surface area contributed by atoms with Crippen molar-refractivity contribution in [1.29, 1.82) is 0 Å². The van der Waals surface area contributed by atoms with Crippen molar-refractivity contribution in [2.24, 2.45) is 0 Å². The highest BCUT2D eigenvalue weighted by Gasteiger charge is 2.43. The van der Waals surface area contributed by atoms with Gasteiger partial charge >= 0.3 is 6.09 Å². The normalized spacial score (nSPS) is 17.6. The van der Waals surface area contributed by atoms with E-state index in [2.05, 4.69) is 6.92 Å². The maximum Gasteiger partial charge on any atom is 0.412 e. The number of benzene rings is 2. The summed E-state index contributed by atoms with van der Waals surface area (Å²) in [6, 6.07) is 18.9. The monoisotopic (exact) mass is 380 g/mol. The molecule has 1 saturated heterocycles. The van der Waals surface area contributed by atoms with Crippen LogP contribution in [0.2, 0.25) is 0 Å². The van der Waals surface area contributed by atoms with Crippen molar-refractivity contribution in [3.63, 3.8) is 0 Å². The van der Waals surface area contributed by atoms with Gasteiger partial charge in [-0.1, -0.05) is 80.4 Å². The van der Waals surface area contributed by atoms with E-state index in [9.17, 15) is 9.59 Å². The predicted molar refractivity (Wildman–Crippen MR) is 108 cm³/mol. The van der Waals surface area contributed by atoms with Gasteiger partial charge in [0.1, 0.15) is 19.3 Å². The van der Waals surface area contributed by atoms with Gasteiger partial charge in [-0.25, -0.2) is 4.79 Å². The van der Waals surface area contributed by atoms with Crippen LogP contribution in [0.25, 0.3) is 0 Å². The summed E-state index contributed by atoms with van der Waals surface area (Å²) in [5.74, 6) is 0.00136. The van der Waals surface area contributed by atoms with Gasteiger partial charge < -0.3 is 9.64 Å². The van der Waals surface area contributed by atoms with Crippen LogP contribution in [0.1, 0.15) is 50.3 Å². The summed E-state index contributed by atoms with van der Waals surface area (Å²) in [6.45, 7) is 4.56. The summed E-state index contributed by atoms with van der Waals surface area (Å²) in [7, 11) is 0. The Morgan fingerprint density at radius 1 is 1.11 bits per heavy atom. The lowest BCUT2D eigenvalue weighted by atomic mass is 10.1. The van der Waals surface area contributed by atoms with Gasteiger partial charge in [-0.05, 0) is 24.5 Å². The molecule has 0 spiro atoms. The van der Waals surface area contributed by atoms with Gasteiger partial charge in [-0.3, -0.25) is 9.69 Å². The molecular formula is C23H28N2O3. The zero-order chi connectivity index (χ0) is 19.9. The van der Waals surface area contributed by atoms with Crippen molar-refractivity contribution in [2.75, 3.05) is 6.67 Å². The number of nitrogens with zero attached hydrogens (tertiary/aromatic N) is 2. The molecule has 5 nitrogen and oxygen atoms in total. The summed E-state index contributed by atoms with van der Waals surface area (Å²) in [5, 5.41) is 0. The van der Waals surface area contributed by atoms with E-state index in [1.807, 2.05) is 67.6 Å². The van der Waals surface area contributed by atoms with Crippen LogP contribution in [-0.2, 0) is 16.1 Å². The maximum absolute atomic E-state index is 13.1. The molecule has 2 aromatic carbocycles. The molecule has 1 aliphatic heterocycles. The van der Waals surface area contributed by atoms with Crippen LogP contribution in [0.3, 0.4) is 0 Å². The van der Waals surface area contributed by atoms with Crippen molar-refractivity contribution in [2.45, 2.75) is 51.8 Å². The topological polar surface area (TPSA) is 49.9 Å². The van der Waals surface area contributed by atoms with E-state index in [1.54, 1.807) is 9.80 Å². The van der Waals surface area contributed by atoms with E-state index in [0.29, 0.717) is 6.42 Å². The van der Waals surface area contributed by atoms with E-state index in [4.69, 9.17) is 4.74 Å². The zero-order valence-electron chi connectivity index (χ0n) is 16.6. The first kappa shape index (κ1) is 19.9. The lowest BCUT2D eigenvalue weighted by molar-refractivity contribution is -0.131. The number of unbranched alkanes of at least 4 members (excludes halogenated alkanes) is 1. The fourth-order valence-corrected chi connectivity index (χ4v) is 3.55. The summed E-state index contributed by atoms with van der Waals surface area (Å²) in [4.78, 5) is 29.2. The van der Waals surface area contributed by atoms with Crippen LogP contribution in [0.5, 0.6) is 0 Å². The second-order valence-corrected chi connectivity index (χ2v) is 7.20. The van der Waals surface area contributed by atoms with Crippen molar-refractivity contribution in [3.8, 4) is 0 Å². The van der Waals surface area contributed by atoms with E-state index < -0.39 is 12.1 Å². The van der Waals surface area contributed by atoms with Crippen LogP contribution >= 0.6 is 0 Å². The lowest BCUT2D eigenvalue weighted by Gasteiger charge is -2.25. The second-order valence-electron chi connectivity index (χ2n) is 7.20. The molecule has 1 fully saturated rings. The fourth-order valence-electron chi connectivity index (χ4n) is 3.55. The van der Waals surface area contributed by atoms with E-state index in [0.717, 1.165) is 24.0 Å². The smallest absolute Gasteiger partial charge is 0.412 e. The van der Waals surface area contributed by atoms with Gasteiger partial charge in [-0.15, -0.1) is 0 Å². The van der Waals surface area contributed by atoms with Crippen LogP contribution in [0.15, 0.2) is 60.7 Å². The summed E-state index contributed by atoms with van der Waals surface area (Å²) >= 11 is 0. The molecular weight excluding hydrogens is 352 g/mol. The number of carbonyl (C=O) groups excluding carboxylic acids is 2. The molecule has 2 atom stereocenters. The molecule has 0 radical (unpaired) electrons.